The second kappa shape index (κ2) is 5.24. The molecule has 0 saturated carbocycles. The summed E-state index contributed by atoms with van der Waals surface area (Å²) in [6.45, 7) is 0.503. The summed E-state index contributed by atoms with van der Waals surface area (Å²) in [4.78, 5) is 33.4. The molecule has 0 bridgehead atoms. The SMILES string of the molecule is O=C(O)CC1CN(C(=O)c2ccc([N+](=O)[O-])cc2F)C1. The zero-order valence-electron chi connectivity index (χ0n) is 10.3. The molecule has 1 N–H and O–H groups in total. The Bertz CT molecular complexity index is 583. The molecule has 106 valence electrons. The van der Waals surface area contributed by atoms with Gasteiger partial charge in [0, 0.05) is 25.1 Å². The second-order valence-electron chi connectivity index (χ2n) is 4.60. The molecule has 1 amide bonds. The van der Waals surface area contributed by atoms with Gasteiger partial charge in [-0.25, -0.2) is 4.39 Å². The number of nitrogens with zero attached hydrogens (tertiary/aromatic N) is 2. The molecule has 1 heterocycles. The summed E-state index contributed by atoms with van der Waals surface area (Å²) < 4.78 is 13.6. The van der Waals surface area contributed by atoms with Crippen molar-refractivity contribution in [2.75, 3.05) is 13.1 Å². The fourth-order valence-electron chi connectivity index (χ4n) is 2.07. The number of hydrogen-bond donors (Lipinski definition) is 1. The Morgan fingerprint density at radius 2 is 2.10 bits per heavy atom. The maximum absolute atomic E-state index is 13.6. The summed E-state index contributed by atoms with van der Waals surface area (Å²) >= 11 is 0. The van der Waals surface area contributed by atoms with Crippen molar-refractivity contribution in [1.29, 1.82) is 0 Å². The molecule has 1 saturated heterocycles. The molecule has 1 aliphatic rings. The van der Waals surface area contributed by atoms with Crippen LogP contribution >= 0.6 is 0 Å². The molecule has 8 heteroatoms. The van der Waals surface area contributed by atoms with Gasteiger partial charge in [0.2, 0.25) is 0 Å². The number of aliphatic carboxylic acids is 1. The van der Waals surface area contributed by atoms with Gasteiger partial charge in [-0.3, -0.25) is 19.7 Å². The zero-order chi connectivity index (χ0) is 14.9. The first kappa shape index (κ1) is 13.9. The van der Waals surface area contributed by atoms with E-state index in [9.17, 15) is 24.1 Å². The number of amides is 1. The molecule has 0 aliphatic carbocycles. The number of benzene rings is 1. The average Bonchev–Trinajstić information content (AvgIpc) is 2.32. The van der Waals surface area contributed by atoms with Crippen LogP contribution in [0.5, 0.6) is 0 Å². The quantitative estimate of drug-likeness (QED) is 0.662. The molecule has 0 unspecified atom stereocenters. The van der Waals surface area contributed by atoms with E-state index in [-0.39, 0.29) is 31.0 Å². The predicted octanol–water partition coefficient (Wildman–Crippen LogP) is 1.28. The molecule has 0 atom stereocenters. The van der Waals surface area contributed by atoms with Crippen molar-refractivity contribution in [2.45, 2.75) is 6.42 Å². The third kappa shape index (κ3) is 2.73. The van der Waals surface area contributed by atoms with Gasteiger partial charge in [0.05, 0.1) is 23.0 Å². The van der Waals surface area contributed by atoms with Crippen molar-refractivity contribution in [3.63, 3.8) is 0 Å². The van der Waals surface area contributed by atoms with Crippen LogP contribution < -0.4 is 0 Å². The Labute approximate surface area is 112 Å². The van der Waals surface area contributed by atoms with Gasteiger partial charge in [0.1, 0.15) is 5.82 Å². The molecular weight excluding hydrogens is 271 g/mol. The maximum atomic E-state index is 13.6. The van der Waals surface area contributed by atoms with E-state index in [1.54, 1.807) is 0 Å². The van der Waals surface area contributed by atoms with Gasteiger partial charge in [0.25, 0.3) is 11.6 Å². The summed E-state index contributed by atoms with van der Waals surface area (Å²) in [5, 5.41) is 19.1. The Hall–Kier alpha value is -2.51. The average molecular weight is 282 g/mol. The number of hydrogen-bond acceptors (Lipinski definition) is 4. The van der Waals surface area contributed by atoms with Gasteiger partial charge in [-0.05, 0) is 6.07 Å². The van der Waals surface area contributed by atoms with Crippen LogP contribution in [-0.4, -0.2) is 39.9 Å². The molecule has 1 fully saturated rings. The summed E-state index contributed by atoms with van der Waals surface area (Å²) in [6.07, 6.45) is -0.0352. The minimum absolute atomic E-state index is 0.0352. The third-order valence-corrected chi connectivity index (χ3v) is 3.10. The standard InChI is InChI=1S/C12H11FN2O5/c13-10-4-8(15(19)20)1-2-9(10)12(18)14-5-7(6-14)3-11(16)17/h1-2,4,7H,3,5-6H2,(H,16,17). The molecule has 0 radical (unpaired) electrons. The largest absolute Gasteiger partial charge is 0.481 e. The van der Waals surface area contributed by atoms with Crippen molar-refractivity contribution in [2.24, 2.45) is 5.92 Å². The molecule has 2 rings (SSSR count). The lowest BCUT2D eigenvalue weighted by molar-refractivity contribution is -0.385. The van der Waals surface area contributed by atoms with Crippen LogP contribution in [-0.2, 0) is 4.79 Å². The number of rotatable bonds is 4. The van der Waals surface area contributed by atoms with Crippen LogP contribution in [0.4, 0.5) is 10.1 Å². The van der Waals surface area contributed by atoms with E-state index in [0.717, 1.165) is 12.1 Å². The Kier molecular flexibility index (Phi) is 3.64. The van der Waals surface area contributed by atoms with E-state index in [1.165, 1.54) is 4.90 Å². The van der Waals surface area contributed by atoms with E-state index in [1.807, 2.05) is 0 Å². The lowest BCUT2D eigenvalue weighted by Gasteiger charge is -2.38. The minimum Gasteiger partial charge on any atom is -0.481 e. The van der Waals surface area contributed by atoms with E-state index < -0.39 is 28.3 Å². The number of carbonyl (C=O) groups is 2. The van der Waals surface area contributed by atoms with Crippen LogP contribution in [0.2, 0.25) is 0 Å². The molecular formula is C12H11FN2O5. The summed E-state index contributed by atoms with van der Waals surface area (Å²) in [5.41, 5.74) is -0.671. The summed E-state index contributed by atoms with van der Waals surface area (Å²) in [6, 6.07) is 2.83. The smallest absolute Gasteiger partial charge is 0.303 e. The molecule has 0 spiro atoms. The highest BCUT2D eigenvalue weighted by Gasteiger charge is 2.33. The fourth-order valence-corrected chi connectivity index (χ4v) is 2.07. The normalized spacial score (nSPS) is 14.8. The van der Waals surface area contributed by atoms with Crippen molar-refractivity contribution in [3.8, 4) is 0 Å². The van der Waals surface area contributed by atoms with Gasteiger partial charge in [-0.1, -0.05) is 0 Å². The molecule has 1 aromatic rings. The van der Waals surface area contributed by atoms with Crippen LogP contribution in [0.15, 0.2) is 18.2 Å². The zero-order valence-corrected chi connectivity index (χ0v) is 10.3. The highest BCUT2D eigenvalue weighted by Crippen LogP contribution is 2.24. The first-order chi connectivity index (χ1) is 9.38. The minimum atomic E-state index is -0.953. The van der Waals surface area contributed by atoms with Crippen molar-refractivity contribution < 1.29 is 24.0 Å². The number of halogens is 1. The van der Waals surface area contributed by atoms with Crippen molar-refractivity contribution in [1.82, 2.24) is 4.90 Å². The molecule has 20 heavy (non-hydrogen) atoms. The van der Waals surface area contributed by atoms with Crippen LogP contribution in [0.1, 0.15) is 16.8 Å². The molecule has 1 aliphatic heterocycles. The van der Waals surface area contributed by atoms with E-state index in [0.29, 0.717) is 6.07 Å². The van der Waals surface area contributed by atoms with Gasteiger partial charge in [0.15, 0.2) is 0 Å². The van der Waals surface area contributed by atoms with E-state index >= 15 is 0 Å². The van der Waals surface area contributed by atoms with E-state index in [4.69, 9.17) is 5.11 Å². The second-order valence-corrected chi connectivity index (χ2v) is 4.60. The van der Waals surface area contributed by atoms with Crippen LogP contribution in [0.25, 0.3) is 0 Å². The van der Waals surface area contributed by atoms with Gasteiger partial charge in [-0.2, -0.15) is 0 Å². The number of carbonyl (C=O) groups excluding carboxylic acids is 1. The topological polar surface area (TPSA) is 101 Å². The Morgan fingerprint density at radius 1 is 1.45 bits per heavy atom. The van der Waals surface area contributed by atoms with Gasteiger partial charge >= 0.3 is 5.97 Å². The molecule has 1 aromatic carbocycles. The van der Waals surface area contributed by atoms with E-state index in [2.05, 4.69) is 0 Å². The van der Waals surface area contributed by atoms with Crippen molar-refractivity contribution in [3.05, 3.63) is 39.7 Å². The van der Waals surface area contributed by atoms with Gasteiger partial charge in [-0.15, -0.1) is 0 Å². The monoisotopic (exact) mass is 282 g/mol. The summed E-state index contributed by atoms with van der Waals surface area (Å²) in [7, 11) is 0. The molecule has 7 nitrogen and oxygen atoms in total. The Morgan fingerprint density at radius 3 is 2.60 bits per heavy atom. The highest BCUT2D eigenvalue weighted by atomic mass is 19.1. The number of carboxylic acids is 1. The fraction of sp³-hybridized carbons (Fsp3) is 0.333. The predicted molar refractivity (Wildman–Crippen MR) is 64.7 cm³/mol. The number of carboxylic acid groups (broad SMARTS) is 1. The van der Waals surface area contributed by atoms with Crippen LogP contribution in [0, 0.1) is 21.8 Å². The number of nitro benzene ring substituents is 1. The van der Waals surface area contributed by atoms with Crippen LogP contribution in [0.3, 0.4) is 0 Å². The first-order valence-electron chi connectivity index (χ1n) is 5.83. The lowest BCUT2D eigenvalue weighted by Crippen LogP contribution is -2.50. The number of nitro groups is 1. The third-order valence-electron chi connectivity index (χ3n) is 3.10. The van der Waals surface area contributed by atoms with Crippen molar-refractivity contribution >= 4 is 17.6 Å². The number of non-ortho nitro benzene ring substituents is 1. The highest BCUT2D eigenvalue weighted by molar-refractivity contribution is 5.95. The maximum Gasteiger partial charge on any atom is 0.303 e. The lowest BCUT2D eigenvalue weighted by atomic mass is 9.95. The first-order valence-corrected chi connectivity index (χ1v) is 5.83. The number of likely N-dealkylation sites (tertiary alicyclic amines) is 1. The summed E-state index contributed by atoms with van der Waals surface area (Å²) in [5.74, 6) is -2.61. The van der Waals surface area contributed by atoms with Gasteiger partial charge < -0.3 is 10.0 Å². The Balaban J connectivity index is 2.04. The molecule has 0 aromatic heterocycles.